The minimum atomic E-state index is 0.468. The highest BCUT2D eigenvalue weighted by Crippen LogP contribution is 2.38. The van der Waals surface area contributed by atoms with Crippen molar-refractivity contribution in [2.75, 3.05) is 5.32 Å². The topological polar surface area (TPSA) is 24.9 Å². The van der Waals surface area contributed by atoms with Crippen LogP contribution >= 0.6 is 11.6 Å². The normalized spacial score (nSPS) is 24.1. The number of hydrogen-bond donors (Lipinski definition) is 1. The molecule has 0 amide bonds. The number of rotatable bonds is 2. The van der Waals surface area contributed by atoms with Gasteiger partial charge in [0.25, 0.3) is 0 Å². The summed E-state index contributed by atoms with van der Waals surface area (Å²) < 4.78 is 0. The lowest BCUT2D eigenvalue weighted by molar-refractivity contribution is 0.378. The first-order chi connectivity index (χ1) is 7.05. The number of nitrogens with zero attached hydrogens (tertiary/aromatic N) is 1. The molecule has 0 aliphatic heterocycles. The third kappa shape index (κ3) is 2.85. The van der Waals surface area contributed by atoms with Crippen molar-refractivity contribution in [1.29, 1.82) is 0 Å². The van der Waals surface area contributed by atoms with Crippen molar-refractivity contribution in [3.8, 4) is 0 Å². The molecule has 1 N–H and O–H groups in total. The van der Waals surface area contributed by atoms with E-state index in [9.17, 15) is 0 Å². The van der Waals surface area contributed by atoms with Gasteiger partial charge in [-0.2, -0.15) is 0 Å². The fourth-order valence-corrected chi connectivity index (χ4v) is 2.42. The quantitative estimate of drug-likeness (QED) is 0.775. The standard InChI is InChI=1S/C12H17ClN2/c1-12(2)7-6-9(8-12)14-11-5-3-4-10(13)15-11/h3-5,9H,6-8H2,1-2H3,(H,14,15). The van der Waals surface area contributed by atoms with Gasteiger partial charge in [-0.3, -0.25) is 0 Å². The predicted molar refractivity (Wildman–Crippen MR) is 64.3 cm³/mol. The number of aromatic nitrogens is 1. The maximum atomic E-state index is 5.84. The highest BCUT2D eigenvalue weighted by atomic mass is 35.5. The van der Waals surface area contributed by atoms with Crippen LogP contribution in [0.4, 0.5) is 5.82 Å². The smallest absolute Gasteiger partial charge is 0.131 e. The molecule has 1 aromatic heterocycles. The Labute approximate surface area is 96.1 Å². The van der Waals surface area contributed by atoms with E-state index in [-0.39, 0.29) is 0 Å². The van der Waals surface area contributed by atoms with Crippen molar-refractivity contribution in [2.24, 2.45) is 5.41 Å². The summed E-state index contributed by atoms with van der Waals surface area (Å²) in [6, 6.07) is 6.24. The predicted octanol–water partition coefficient (Wildman–Crippen LogP) is 3.73. The zero-order chi connectivity index (χ0) is 10.9. The van der Waals surface area contributed by atoms with Crippen molar-refractivity contribution < 1.29 is 0 Å². The van der Waals surface area contributed by atoms with Crippen LogP contribution in [0.2, 0.25) is 5.15 Å². The van der Waals surface area contributed by atoms with Crippen LogP contribution in [-0.2, 0) is 0 Å². The SMILES string of the molecule is CC1(C)CCC(Nc2cccc(Cl)n2)C1. The molecule has 3 heteroatoms. The van der Waals surface area contributed by atoms with E-state index < -0.39 is 0 Å². The number of pyridine rings is 1. The minimum Gasteiger partial charge on any atom is -0.367 e. The summed E-state index contributed by atoms with van der Waals surface area (Å²) in [5.74, 6) is 0.894. The molecule has 1 saturated carbocycles. The molecule has 2 rings (SSSR count). The van der Waals surface area contributed by atoms with Crippen LogP contribution in [0.5, 0.6) is 0 Å². The van der Waals surface area contributed by atoms with E-state index in [0.717, 1.165) is 5.82 Å². The first kappa shape index (κ1) is 10.7. The summed E-state index contributed by atoms with van der Waals surface area (Å²) in [4.78, 5) is 4.24. The zero-order valence-electron chi connectivity index (χ0n) is 9.26. The average Bonchev–Trinajstić information content (AvgIpc) is 2.45. The molecule has 0 radical (unpaired) electrons. The molecule has 0 spiro atoms. The van der Waals surface area contributed by atoms with Gasteiger partial charge in [0.15, 0.2) is 0 Å². The second kappa shape index (κ2) is 4.01. The molecule has 82 valence electrons. The van der Waals surface area contributed by atoms with Gasteiger partial charge >= 0.3 is 0 Å². The van der Waals surface area contributed by atoms with E-state index in [1.54, 1.807) is 6.07 Å². The van der Waals surface area contributed by atoms with Crippen LogP contribution in [0.15, 0.2) is 18.2 Å². The van der Waals surface area contributed by atoms with Gasteiger partial charge in [-0.05, 0) is 36.8 Å². The van der Waals surface area contributed by atoms with Crippen molar-refractivity contribution in [3.05, 3.63) is 23.4 Å². The molecule has 15 heavy (non-hydrogen) atoms. The summed E-state index contributed by atoms with van der Waals surface area (Å²) in [7, 11) is 0. The Balaban J connectivity index is 1.99. The second-order valence-electron chi connectivity index (χ2n) is 5.09. The van der Waals surface area contributed by atoms with E-state index in [4.69, 9.17) is 11.6 Å². The van der Waals surface area contributed by atoms with E-state index in [2.05, 4.69) is 24.1 Å². The highest BCUT2D eigenvalue weighted by molar-refractivity contribution is 6.29. The van der Waals surface area contributed by atoms with Crippen LogP contribution < -0.4 is 5.32 Å². The molecule has 0 aromatic carbocycles. The highest BCUT2D eigenvalue weighted by Gasteiger charge is 2.30. The number of hydrogen-bond acceptors (Lipinski definition) is 2. The third-order valence-corrected chi connectivity index (χ3v) is 3.25. The summed E-state index contributed by atoms with van der Waals surface area (Å²) in [6.45, 7) is 4.64. The molecule has 1 unspecified atom stereocenters. The Bertz CT molecular complexity index is 349. The average molecular weight is 225 g/mol. The fourth-order valence-electron chi connectivity index (χ4n) is 2.26. The van der Waals surface area contributed by atoms with Crippen LogP contribution in [-0.4, -0.2) is 11.0 Å². The lowest BCUT2D eigenvalue weighted by Crippen LogP contribution is -2.18. The minimum absolute atomic E-state index is 0.468. The largest absolute Gasteiger partial charge is 0.367 e. The lowest BCUT2D eigenvalue weighted by Gasteiger charge is -2.18. The van der Waals surface area contributed by atoms with Crippen molar-refractivity contribution >= 4 is 17.4 Å². The maximum absolute atomic E-state index is 5.84. The van der Waals surface area contributed by atoms with Crippen LogP contribution in [0.25, 0.3) is 0 Å². The van der Waals surface area contributed by atoms with Gasteiger partial charge in [0.05, 0.1) is 0 Å². The Kier molecular flexibility index (Phi) is 2.87. The molecule has 1 fully saturated rings. The van der Waals surface area contributed by atoms with Gasteiger partial charge in [0.1, 0.15) is 11.0 Å². The van der Waals surface area contributed by atoms with E-state index in [0.29, 0.717) is 16.6 Å². The van der Waals surface area contributed by atoms with Gasteiger partial charge in [-0.1, -0.05) is 31.5 Å². The Hall–Kier alpha value is -0.760. The van der Waals surface area contributed by atoms with Crippen LogP contribution in [0.3, 0.4) is 0 Å². The molecular formula is C12H17ClN2. The summed E-state index contributed by atoms with van der Waals surface area (Å²) in [5, 5.41) is 3.99. The van der Waals surface area contributed by atoms with Gasteiger partial charge in [-0.25, -0.2) is 4.98 Å². The van der Waals surface area contributed by atoms with Crippen LogP contribution in [0.1, 0.15) is 33.1 Å². The van der Waals surface area contributed by atoms with Gasteiger partial charge in [0.2, 0.25) is 0 Å². The number of anilines is 1. The molecule has 1 aliphatic rings. The van der Waals surface area contributed by atoms with Crippen molar-refractivity contribution in [1.82, 2.24) is 4.98 Å². The molecule has 0 saturated heterocycles. The van der Waals surface area contributed by atoms with Crippen LogP contribution in [0, 0.1) is 5.41 Å². The molecular weight excluding hydrogens is 208 g/mol. The first-order valence-corrected chi connectivity index (χ1v) is 5.82. The van der Waals surface area contributed by atoms with E-state index >= 15 is 0 Å². The third-order valence-electron chi connectivity index (χ3n) is 3.04. The van der Waals surface area contributed by atoms with Crippen molar-refractivity contribution in [2.45, 2.75) is 39.2 Å². The first-order valence-electron chi connectivity index (χ1n) is 5.44. The molecule has 2 nitrogen and oxygen atoms in total. The monoisotopic (exact) mass is 224 g/mol. The Morgan fingerprint density at radius 1 is 1.47 bits per heavy atom. The summed E-state index contributed by atoms with van der Waals surface area (Å²) in [5.41, 5.74) is 0.468. The Morgan fingerprint density at radius 3 is 2.87 bits per heavy atom. The van der Waals surface area contributed by atoms with Crippen molar-refractivity contribution in [3.63, 3.8) is 0 Å². The molecule has 1 atom stereocenters. The maximum Gasteiger partial charge on any atom is 0.131 e. The molecule has 1 aromatic rings. The number of halogens is 1. The lowest BCUT2D eigenvalue weighted by atomic mass is 9.92. The second-order valence-corrected chi connectivity index (χ2v) is 5.48. The number of nitrogens with one attached hydrogen (secondary N) is 1. The molecule has 1 heterocycles. The summed E-state index contributed by atoms with van der Waals surface area (Å²) in [6.07, 6.45) is 3.72. The zero-order valence-corrected chi connectivity index (χ0v) is 10.0. The molecule has 1 aliphatic carbocycles. The van der Waals surface area contributed by atoms with Gasteiger partial charge in [-0.15, -0.1) is 0 Å². The van der Waals surface area contributed by atoms with Gasteiger partial charge < -0.3 is 5.32 Å². The van der Waals surface area contributed by atoms with E-state index in [1.807, 2.05) is 12.1 Å². The summed E-state index contributed by atoms with van der Waals surface area (Å²) >= 11 is 5.84. The van der Waals surface area contributed by atoms with E-state index in [1.165, 1.54) is 19.3 Å². The fraction of sp³-hybridized carbons (Fsp3) is 0.583. The van der Waals surface area contributed by atoms with Gasteiger partial charge in [0, 0.05) is 6.04 Å². The molecule has 0 bridgehead atoms. The Morgan fingerprint density at radius 2 is 2.27 bits per heavy atom.